The van der Waals surface area contributed by atoms with Crippen LogP contribution in [0.5, 0.6) is 0 Å². The fourth-order valence-electron chi connectivity index (χ4n) is 2.15. The standard InChI is InChI=1S/C17H25N5O2S/c1-6-18-16-19-11-12(2)15(21-16)20-13-8-7-9-14(10-13)25(23,24)22-17(3,4)5/h7-11,22H,6H2,1-5H3,(H2,18,19,20,21). The molecule has 0 aliphatic rings. The van der Waals surface area contributed by atoms with Crippen LogP contribution in [-0.4, -0.2) is 30.5 Å². The lowest BCUT2D eigenvalue weighted by Gasteiger charge is -2.20. The minimum absolute atomic E-state index is 0.200. The molecule has 2 rings (SSSR count). The van der Waals surface area contributed by atoms with E-state index in [1.54, 1.807) is 51.2 Å². The molecule has 0 bridgehead atoms. The van der Waals surface area contributed by atoms with Gasteiger partial charge in [-0.25, -0.2) is 18.1 Å². The molecule has 1 aromatic heterocycles. The topological polar surface area (TPSA) is 96.0 Å². The predicted molar refractivity (Wildman–Crippen MR) is 101 cm³/mol. The van der Waals surface area contributed by atoms with E-state index in [1.165, 1.54) is 0 Å². The zero-order valence-corrected chi connectivity index (χ0v) is 16.0. The minimum atomic E-state index is -3.59. The monoisotopic (exact) mass is 363 g/mol. The van der Waals surface area contributed by atoms with Gasteiger partial charge in [-0.05, 0) is 52.8 Å². The quantitative estimate of drug-likeness (QED) is 0.730. The van der Waals surface area contributed by atoms with Crippen LogP contribution in [0.2, 0.25) is 0 Å². The Morgan fingerprint density at radius 3 is 2.56 bits per heavy atom. The summed E-state index contributed by atoms with van der Waals surface area (Å²) < 4.78 is 27.6. The Morgan fingerprint density at radius 2 is 1.92 bits per heavy atom. The van der Waals surface area contributed by atoms with E-state index in [-0.39, 0.29) is 4.90 Å². The number of nitrogens with one attached hydrogen (secondary N) is 3. The first-order valence-corrected chi connectivity index (χ1v) is 9.57. The Kier molecular flexibility index (Phi) is 5.64. The lowest BCUT2D eigenvalue weighted by molar-refractivity contribution is 0.491. The summed E-state index contributed by atoms with van der Waals surface area (Å²) in [5, 5.41) is 6.22. The van der Waals surface area contributed by atoms with E-state index in [4.69, 9.17) is 0 Å². The third-order valence-electron chi connectivity index (χ3n) is 3.15. The first-order valence-electron chi connectivity index (χ1n) is 8.09. The smallest absolute Gasteiger partial charge is 0.241 e. The summed E-state index contributed by atoms with van der Waals surface area (Å²) in [5.41, 5.74) is 0.954. The molecule has 0 radical (unpaired) electrons. The van der Waals surface area contributed by atoms with Crippen LogP contribution in [0.1, 0.15) is 33.3 Å². The molecule has 0 aliphatic carbocycles. The van der Waals surface area contributed by atoms with E-state index >= 15 is 0 Å². The van der Waals surface area contributed by atoms with Crippen molar-refractivity contribution in [1.82, 2.24) is 14.7 Å². The molecule has 2 aromatic rings. The van der Waals surface area contributed by atoms with Crippen molar-refractivity contribution in [3.8, 4) is 0 Å². The van der Waals surface area contributed by atoms with Crippen molar-refractivity contribution >= 4 is 27.5 Å². The lowest BCUT2D eigenvalue weighted by atomic mass is 10.1. The molecule has 0 saturated carbocycles. The van der Waals surface area contributed by atoms with Gasteiger partial charge in [-0.1, -0.05) is 6.07 Å². The highest BCUT2D eigenvalue weighted by molar-refractivity contribution is 7.89. The van der Waals surface area contributed by atoms with Crippen LogP contribution in [0.3, 0.4) is 0 Å². The summed E-state index contributed by atoms with van der Waals surface area (Å²) in [5.74, 6) is 1.15. The number of hydrogen-bond acceptors (Lipinski definition) is 6. The second-order valence-corrected chi connectivity index (χ2v) is 8.45. The van der Waals surface area contributed by atoms with Gasteiger partial charge in [0.15, 0.2) is 0 Å². The number of rotatable bonds is 6. The molecule has 0 saturated heterocycles. The highest BCUT2D eigenvalue weighted by Gasteiger charge is 2.22. The number of benzene rings is 1. The molecule has 136 valence electrons. The number of hydrogen-bond donors (Lipinski definition) is 3. The molecular formula is C17H25N5O2S. The molecule has 0 aliphatic heterocycles. The maximum Gasteiger partial charge on any atom is 0.241 e. The van der Waals surface area contributed by atoms with Crippen molar-refractivity contribution < 1.29 is 8.42 Å². The third kappa shape index (κ3) is 5.40. The number of nitrogens with zero attached hydrogens (tertiary/aromatic N) is 2. The van der Waals surface area contributed by atoms with Crippen molar-refractivity contribution in [3.63, 3.8) is 0 Å². The van der Waals surface area contributed by atoms with E-state index in [1.807, 2.05) is 13.8 Å². The molecule has 7 nitrogen and oxygen atoms in total. The Bertz CT molecular complexity index is 844. The van der Waals surface area contributed by atoms with Crippen LogP contribution in [0, 0.1) is 6.92 Å². The molecule has 8 heteroatoms. The van der Waals surface area contributed by atoms with Gasteiger partial charge in [0.25, 0.3) is 0 Å². The zero-order chi connectivity index (χ0) is 18.7. The van der Waals surface area contributed by atoms with Gasteiger partial charge < -0.3 is 10.6 Å². The Balaban J connectivity index is 2.30. The summed E-state index contributed by atoms with van der Waals surface area (Å²) in [7, 11) is -3.59. The van der Waals surface area contributed by atoms with E-state index < -0.39 is 15.6 Å². The van der Waals surface area contributed by atoms with Crippen molar-refractivity contribution in [3.05, 3.63) is 36.0 Å². The van der Waals surface area contributed by atoms with Gasteiger partial charge in [0, 0.05) is 29.5 Å². The van der Waals surface area contributed by atoms with Crippen LogP contribution < -0.4 is 15.4 Å². The number of sulfonamides is 1. The fraction of sp³-hybridized carbons (Fsp3) is 0.412. The van der Waals surface area contributed by atoms with Crippen LogP contribution >= 0.6 is 0 Å². The van der Waals surface area contributed by atoms with Crippen LogP contribution in [0.25, 0.3) is 0 Å². The second-order valence-electron chi connectivity index (χ2n) is 6.76. The van der Waals surface area contributed by atoms with Gasteiger partial charge in [0.05, 0.1) is 4.90 Å². The van der Waals surface area contributed by atoms with Gasteiger partial charge in [-0.3, -0.25) is 0 Å². The van der Waals surface area contributed by atoms with Gasteiger partial charge in [0.1, 0.15) is 5.82 Å². The molecular weight excluding hydrogens is 338 g/mol. The molecule has 25 heavy (non-hydrogen) atoms. The van der Waals surface area contributed by atoms with E-state index in [9.17, 15) is 8.42 Å². The van der Waals surface area contributed by atoms with Gasteiger partial charge in [-0.15, -0.1) is 0 Å². The number of aromatic nitrogens is 2. The molecule has 0 unspecified atom stereocenters. The van der Waals surface area contributed by atoms with Crippen molar-refractivity contribution in [2.45, 2.75) is 45.1 Å². The molecule has 1 aromatic carbocycles. The normalized spacial score (nSPS) is 12.0. The summed E-state index contributed by atoms with van der Waals surface area (Å²) >= 11 is 0. The molecule has 0 amide bonds. The lowest BCUT2D eigenvalue weighted by Crippen LogP contribution is -2.40. The van der Waals surface area contributed by atoms with Gasteiger partial charge in [0.2, 0.25) is 16.0 Å². The van der Waals surface area contributed by atoms with Gasteiger partial charge in [-0.2, -0.15) is 4.98 Å². The predicted octanol–water partition coefficient (Wildman–Crippen LogP) is 3.04. The highest BCUT2D eigenvalue weighted by Crippen LogP contribution is 2.22. The summed E-state index contributed by atoms with van der Waals surface area (Å²) in [6.07, 6.45) is 1.72. The van der Waals surface area contributed by atoms with Crippen molar-refractivity contribution in [2.75, 3.05) is 17.2 Å². The molecule has 1 heterocycles. The first-order chi connectivity index (χ1) is 11.6. The maximum atomic E-state index is 12.5. The van der Waals surface area contributed by atoms with E-state index in [0.29, 0.717) is 24.0 Å². The fourth-order valence-corrected chi connectivity index (χ4v) is 3.62. The van der Waals surface area contributed by atoms with Crippen molar-refractivity contribution in [1.29, 1.82) is 0 Å². The highest BCUT2D eigenvalue weighted by atomic mass is 32.2. The van der Waals surface area contributed by atoms with Crippen LogP contribution in [-0.2, 0) is 10.0 Å². The van der Waals surface area contributed by atoms with Crippen molar-refractivity contribution in [2.24, 2.45) is 0 Å². The van der Waals surface area contributed by atoms with E-state index in [2.05, 4.69) is 25.3 Å². The maximum absolute atomic E-state index is 12.5. The SMILES string of the molecule is CCNc1ncc(C)c(Nc2cccc(S(=O)(=O)NC(C)(C)C)c2)n1. The summed E-state index contributed by atoms with van der Waals surface area (Å²) in [4.78, 5) is 8.81. The summed E-state index contributed by atoms with van der Waals surface area (Å²) in [6, 6.07) is 6.64. The average molecular weight is 363 g/mol. The molecule has 0 fully saturated rings. The number of aryl methyl sites for hydroxylation is 1. The van der Waals surface area contributed by atoms with Crippen LogP contribution in [0.15, 0.2) is 35.4 Å². The third-order valence-corrected chi connectivity index (χ3v) is 4.91. The molecule has 0 atom stereocenters. The van der Waals surface area contributed by atoms with Gasteiger partial charge >= 0.3 is 0 Å². The molecule has 0 spiro atoms. The first kappa shape index (κ1) is 19.1. The Hall–Kier alpha value is -2.19. The average Bonchev–Trinajstić information content (AvgIpc) is 2.49. The van der Waals surface area contributed by atoms with Crippen LogP contribution in [0.4, 0.5) is 17.5 Å². The minimum Gasteiger partial charge on any atom is -0.354 e. The zero-order valence-electron chi connectivity index (χ0n) is 15.2. The second kappa shape index (κ2) is 7.37. The Labute approximate surface area is 149 Å². The Morgan fingerprint density at radius 1 is 1.20 bits per heavy atom. The summed E-state index contributed by atoms with van der Waals surface area (Å²) in [6.45, 7) is 9.98. The molecule has 3 N–H and O–H groups in total. The number of anilines is 3. The largest absolute Gasteiger partial charge is 0.354 e. The van der Waals surface area contributed by atoms with E-state index in [0.717, 1.165) is 5.56 Å².